The molecular formula is C36H40F6N4O5S. The van der Waals surface area contributed by atoms with Gasteiger partial charge in [0.2, 0.25) is 5.60 Å². The highest BCUT2D eigenvalue weighted by Crippen LogP contribution is 2.43. The highest BCUT2D eigenvalue weighted by Gasteiger charge is 2.56. The maximum atomic E-state index is 14.8. The van der Waals surface area contributed by atoms with Crippen LogP contribution >= 0.6 is 11.3 Å². The Morgan fingerprint density at radius 3 is 2.38 bits per heavy atom. The summed E-state index contributed by atoms with van der Waals surface area (Å²) >= 11 is 0.398. The van der Waals surface area contributed by atoms with E-state index in [1.807, 2.05) is 29.2 Å². The third kappa shape index (κ3) is 8.64. The van der Waals surface area contributed by atoms with E-state index in [9.17, 15) is 40.7 Å². The van der Waals surface area contributed by atoms with Crippen molar-refractivity contribution >= 4 is 34.6 Å². The zero-order valence-corrected chi connectivity index (χ0v) is 29.6. The molecule has 2 atom stereocenters. The van der Waals surface area contributed by atoms with E-state index in [2.05, 4.69) is 4.98 Å². The van der Waals surface area contributed by atoms with Gasteiger partial charge in [0.1, 0.15) is 22.2 Å². The largest absolute Gasteiger partial charge is 0.491 e. The molecule has 1 aromatic carbocycles. The van der Waals surface area contributed by atoms with E-state index in [1.54, 1.807) is 11.8 Å². The van der Waals surface area contributed by atoms with Crippen LogP contribution in [0.2, 0.25) is 0 Å². The molecule has 16 heteroatoms. The van der Waals surface area contributed by atoms with Crippen molar-refractivity contribution in [2.24, 2.45) is 0 Å². The molecule has 0 bridgehead atoms. The Balaban J connectivity index is 1.45. The first-order valence-corrected chi connectivity index (χ1v) is 18.0. The number of hydrogen-bond acceptors (Lipinski definition) is 8. The Morgan fingerprint density at radius 2 is 1.73 bits per heavy atom. The summed E-state index contributed by atoms with van der Waals surface area (Å²) in [7, 11) is 0. The van der Waals surface area contributed by atoms with E-state index in [-0.39, 0.29) is 50.4 Å². The number of hydrogen-bond donors (Lipinski definition) is 0. The molecule has 0 radical (unpaired) electrons. The van der Waals surface area contributed by atoms with Gasteiger partial charge in [-0.15, -0.1) is 11.3 Å². The van der Waals surface area contributed by atoms with Crippen molar-refractivity contribution in [3.63, 3.8) is 0 Å². The monoisotopic (exact) mass is 754 g/mol. The van der Waals surface area contributed by atoms with Gasteiger partial charge < -0.3 is 29.0 Å². The molecular weight excluding hydrogens is 714 g/mol. The Labute approximate surface area is 301 Å². The molecule has 4 heterocycles. The van der Waals surface area contributed by atoms with Crippen LogP contribution < -0.4 is 14.4 Å². The summed E-state index contributed by atoms with van der Waals surface area (Å²) < 4.78 is 95.3. The van der Waals surface area contributed by atoms with Crippen LogP contribution in [0.4, 0.5) is 32.0 Å². The van der Waals surface area contributed by atoms with Crippen LogP contribution in [-0.2, 0) is 21.9 Å². The fraction of sp³-hybridized carbons (Fsp3) is 0.500. The number of thiophene rings is 1. The maximum absolute atomic E-state index is 14.8. The second-order valence-electron chi connectivity index (χ2n) is 12.9. The van der Waals surface area contributed by atoms with E-state index in [1.165, 1.54) is 11.8 Å². The lowest BCUT2D eigenvalue weighted by molar-refractivity contribution is -0.159. The van der Waals surface area contributed by atoms with Gasteiger partial charge >= 0.3 is 12.4 Å². The minimum Gasteiger partial charge on any atom is -0.491 e. The number of ether oxygens (including phenoxy) is 2. The number of amides is 2. The number of carbonyl (C=O) groups is 3. The van der Waals surface area contributed by atoms with Crippen molar-refractivity contribution in [3.8, 4) is 11.5 Å². The number of anilines is 1. The third-order valence-electron chi connectivity index (χ3n) is 9.26. The van der Waals surface area contributed by atoms with Crippen molar-refractivity contribution in [1.82, 2.24) is 14.8 Å². The summed E-state index contributed by atoms with van der Waals surface area (Å²) in [6.07, 6.45) is -6.13. The number of piperazine rings is 1. The Bertz CT molecular complexity index is 1730. The van der Waals surface area contributed by atoms with Crippen LogP contribution in [0, 0.1) is 0 Å². The lowest BCUT2D eigenvalue weighted by Crippen LogP contribution is -2.69. The molecule has 2 aromatic heterocycles. The van der Waals surface area contributed by atoms with Crippen molar-refractivity contribution in [2.45, 2.75) is 76.4 Å². The summed E-state index contributed by atoms with van der Waals surface area (Å²) in [5.41, 5.74) is -2.98. The zero-order valence-electron chi connectivity index (χ0n) is 28.8. The highest BCUT2D eigenvalue weighted by atomic mass is 32.1. The van der Waals surface area contributed by atoms with Gasteiger partial charge in [-0.2, -0.15) is 26.3 Å². The number of carbonyl (C=O) groups excluding carboxylic acids is 3. The molecule has 2 aliphatic heterocycles. The van der Waals surface area contributed by atoms with Crippen molar-refractivity contribution in [1.29, 1.82) is 0 Å². The van der Waals surface area contributed by atoms with Gasteiger partial charge in [0, 0.05) is 69.4 Å². The molecule has 3 aromatic rings. The number of alkyl halides is 6. The number of ketones is 1. The van der Waals surface area contributed by atoms with Crippen LogP contribution in [0.1, 0.15) is 73.2 Å². The second kappa shape index (κ2) is 16.1. The lowest BCUT2D eigenvalue weighted by Gasteiger charge is -2.50. The predicted octanol–water partition coefficient (Wildman–Crippen LogP) is 7.50. The van der Waals surface area contributed by atoms with Crippen LogP contribution in [0.15, 0.2) is 54.2 Å². The molecule has 282 valence electrons. The molecule has 2 saturated heterocycles. The number of nitrogens with zero attached hydrogens (tertiary/aromatic N) is 4. The number of piperidine rings is 1. The summed E-state index contributed by atoms with van der Waals surface area (Å²) in [5, 5.41) is 1.15. The van der Waals surface area contributed by atoms with Crippen LogP contribution in [0.25, 0.3) is 0 Å². The first kappa shape index (κ1) is 38.9. The van der Waals surface area contributed by atoms with Gasteiger partial charge in [-0.3, -0.25) is 14.6 Å². The molecule has 5 rings (SSSR count). The normalized spacial score (nSPS) is 19.8. The van der Waals surface area contributed by atoms with Gasteiger partial charge in [0.15, 0.2) is 0 Å². The standard InChI is InChI=1S/C36H40F6N4O5S/c1-3-8-30-34(51-25-21-31(52-23-25)36(40,41)42,13-7-15-46(30)32(48)26-22-43-14-12-27(26)35(37,38)39)33(49)45-18-16-44(17-19-45)28-10-4-5-11-29(28)50-20-6-9-24(2)47/h4-5,10-12,14,21-23,30H,3,6-9,13,15-20H2,1-2H3/t30-,34+/m1/s1. The topological polar surface area (TPSA) is 92.3 Å². The number of halogens is 6. The van der Waals surface area contributed by atoms with Crippen LogP contribution in [-0.4, -0.2) is 83.4 Å². The van der Waals surface area contributed by atoms with Crippen molar-refractivity contribution in [3.05, 3.63) is 70.2 Å². The molecule has 2 amide bonds. The minimum absolute atomic E-state index is 0.00248. The van der Waals surface area contributed by atoms with Gasteiger partial charge in [0.25, 0.3) is 11.8 Å². The fourth-order valence-electron chi connectivity index (χ4n) is 6.86. The molecule has 0 spiro atoms. The quantitative estimate of drug-likeness (QED) is 0.140. The highest BCUT2D eigenvalue weighted by molar-refractivity contribution is 7.10. The molecule has 0 saturated carbocycles. The van der Waals surface area contributed by atoms with Crippen molar-refractivity contribution < 1.29 is 50.2 Å². The first-order valence-electron chi connectivity index (χ1n) is 17.1. The first-order chi connectivity index (χ1) is 24.7. The van der Waals surface area contributed by atoms with Crippen molar-refractivity contribution in [2.75, 3.05) is 44.2 Å². The van der Waals surface area contributed by atoms with E-state index in [0.717, 1.165) is 29.5 Å². The molecule has 0 N–H and O–H groups in total. The SMILES string of the molecule is CCC[C@H]1N(C(=O)c2cnccc2C(F)(F)F)CCC[C@@]1(Oc1csc(C(F)(F)F)c1)C(=O)N1CCN(c2ccccc2OCCCC(C)=O)CC1. The average molecular weight is 755 g/mol. The maximum Gasteiger partial charge on any atom is 0.425 e. The Hall–Kier alpha value is -4.34. The number of benzene rings is 1. The molecule has 0 aliphatic carbocycles. The number of likely N-dealkylation sites (tertiary alicyclic amines) is 1. The van der Waals surface area contributed by atoms with Crippen LogP contribution in [0.3, 0.4) is 0 Å². The second-order valence-corrected chi connectivity index (χ2v) is 13.8. The summed E-state index contributed by atoms with van der Waals surface area (Å²) in [6, 6.07) is 7.78. The molecule has 2 fully saturated rings. The number of aromatic nitrogens is 1. The van der Waals surface area contributed by atoms with Gasteiger partial charge in [-0.05, 0) is 44.4 Å². The molecule has 0 unspecified atom stereocenters. The van der Waals surface area contributed by atoms with E-state index in [0.29, 0.717) is 62.1 Å². The predicted molar refractivity (Wildman–Crippen MR) is 182 cm³/mol. The molecule has 9 nitrogen and oxygen atoms in total. The Morgan fingerprint density at radius 1 is 1.00 bits per heavy atom. The average Bonchev–Trinajstić information content (AvgIpc) is 3.59. The number of para-hydroxylation sites is 2. The number of pyridine rings is 1. The third-order valence-corrected chi connectivity index (χ3v) is 10.2. The number of Topliss-reactive ketones (excluding diaryl/α,β-unsaturated/α-hetero) is 1. The van der Waals surface area contributed by atoms with Gasteiger partial charge in [-0.1, -0.05) is 25.5 Å². The van der Waals surface area contributed by atoms with E-state index >= 15 is 0 Å². The Kier molecular flexibility index (Phi) is 12.1. The zero-order chi connectivity index (χ0) is 37.7. The lowest BCUT2D eigenvalue weighted by atomic mass is 9.79. The summed E-state index contributed by atoms with van der Waals surface area (Å²) in [5.74, 6) is -1.09. The van der Waals surface area contributed by atoms with E-state index < -0.39 is 51.8 Å². The molecule has 2 aliphatic rings. The minimum atomic E-state index is -4.87. The van der Waals surface area contributed by atoms with Gasteiger partial charge in [0.05, 0.1) is 29.5 Å². The van der Waals surface area contributed by atoms with E-state index in [4.69, 9.17) is 9.47 Å². The smallest absolute Gasteiger partial charge is 0.425 e. The fourth-order valence-corrected chi connectivity index (χ4v) is 7.54. The summed E-state index contributed by atoms with van der Waals surface area (Å²) in [4.78, 5) is 47.8. The number of rotatable bonds is 12. The summed E-state index contributed by atoms with van der Waals surface area (Å²) in [6.45, 7) is 4.73. The van der Waals surface area contributed by atoms with Gasteiger partial charge in [-0.25, -0.2) is 0 Å². The molecule has 52 heavy (non-hydrogen) atoms. The van der Waals surface area contributed by atoms with Crippen LogP contribution in [0.5, 0.6) is 11.5 Å².